The molecule has 1 aliphatic rings. The van der Waals surface area contributed by atoms with Gasteiger partial charge in [-0.2, -0.15) is 0 Å². The van der Waals surface area contributed by atoms with E-state index in [2.05, 4.69) is 12.2 Å². The monoisotopic (exact) mass is 263 g/mol. The van der Waals surface area contributed by atoms with Crippen LogP contribution in [0.5, 0.6) is 0 Å². The molecule has 1 rings (SSSR count). The van der Waals surface area contributed by atoms with Crippen molar-refractivity contribution < 1.29 is 9.90 Å². The van der Waals surface area contributed by atoms with Gasteiger partial charge in [0.1, 0.15) is 0 Å². The standard InChI is InChI=1S/C10H17NO2Se/c11-9(10(12)13)6-7-14-8-4-2-1-3-5-8/h2,4,8-9H,1,3,5-7,11H2,(H,12,13). The average Bonchev–Trinajstić information content (AvgIpc) is 2.19. The van der Waals surface area contributed by atoms with Gasteiger partial charge in [0, 0.05) is 0 Å². The van der Waals surface area contributed by atoms with Crippen LogP contribution in [0.2, 0.25) is 10.1 Å². The van der Waals surface area contributed by atoms with Gasteiger partial charge in [-0.15, -0.1) is 0 Å². The molecule has 0 amide bonds. The maximum absolute atomic E-state index is 10.4. The van der Waals surface area contributed by atoms with Gasteiger partial charge >= 0.3 is 90.6 Å². The summed E-state index contributed by atoms with van der Waals surface area (Å²) < 4.78 is 0. The molecule has 0 aromatic rings. The van der Waals surface area contributed by atoms with Crippen molar-refractivity contribution in [2.45, 2.75) is 41.9 Å². The Labute approximate surface area is 90.9 Å². The van der Waals surface area contributed by atoms with Crippen LogP contribution in [0.15, 0.2) is 12.2 Å². The zero-order valence-electron chi connectivity index (χ0n) is 8.19. The van der Waals surface area contributed by atoms with Gasteiger partial charge in [-0.05, 0) is 0 Å². The van der Waals surface area contributed by atoms with E-state index in [4.69, 9.17) is 10.8 Å². The number of allylic oxidation sites excluding steroid dienone is 2. The van der Waals surface area contributed by atoms with Crippen LogP contribution in [-0.4, -0.2) is 32.1 Å². The molecule has 2 unspecified atom stereocenters. The normalized spacial score (nSPS) is 23.4. The van der Waals surface area contributed by atoms with Crippen molar-refractivity contribution in [3.05, 3.63) is 12.2 Å². The van der Waals surface area contributed by atoms with Gasteiger partial charge in [-0.1, -0.05) is 0 Å². The summed E-state index contributed by atoms with van der Waals surface area (Å²) in [7, 11) is 0. The second-order valence-corrected chi connectivity index (χ2v) is 6.33. The molecule has 4 heteroatoms. The summed E-state index contributed by atoms with van der Waals surface area (Å²) in [6.45, 7) is 0. The molecule has 0 spiro atoms. The van der Waals surface area contributed by atoms with E-state index in [-0.39, 0.29) is 0 Å². The molecule has 14 heavy (non-hydrogen) atoms. The molecular formula is C10H17NO2Se. The Morgan fingerprint density at radius 2 is 2.50 bits per heavy atom. The summed E-state index contributed by atoms with van der Waals surface area (Å²) >= 11 is 0.532. The number of aliphatic carboxylic acids is 1. The van der Waals surface area contributed by atoms with Crippen LogP contribution < -0.4 is 5.73 Å². The number of carboxylic acid groups (broad SMARTS) is 1. The van der Waals surface area contributed by atoms with E-state index in [0.717, 1.165) is 10.1 Å². The summed E-state index contributed by atoms with van der Waals surface area (Å²) in [5, 5.41) is 9.57. The zero-order chi connectivity index (χ0) is 10.4. The van der Waals surface area contributed by atoms with Gasteiger partial charge in [0.15, 0.2) is 0 Å². The maximum atomic E-state index is 10.4. The number of hydrogen-bond donors (Lipinski definition) is 2. The molecule has 0 radical (unpaired) electrons. The first-order chi connectivity index (χ1) is 6.70. The second-order valence-electron chi connectivity index (χ2n) is 3.50. The van der Waals surface area contributed by atoms with Crippen molar-refractivity contribution in [1.82, 2.24) is 0 Å². The van der Waals surface area contributed by atoms with Gasteiger partial charge in [-0.3, -0.25) is 0 Å². The van der Waals surface area contributed by atoms with Gasteiger partial charge in [-0.25, -0.2) is 0 Å². The summed E-state index contributed by atoms with van der Waals surface area (Å²) in [6, 6.07) is -0.663. The van der Waals surface area contributed by atoms with Gasteiger partial charge in [0.05, 0.1) is 0 Å². The Morgan fingerprint density at radius 1 is 1.71 bits per heavy atom. The third kappa shape index (κ3) is 4.27. The molecule has 0 bridgehead atoms. The molecule has 3 N–H and O–H groups in total. The number of carbonyl (C=O) groups is 1. The molecule has 2 atom stereocenters. The fraction of sp³-hybridized carbons (Fsp3) is 0.700. The second kappa shape index (κ2) is 6.23. The minimum atomic E-state index is -0.875. The van der Waals surface area contributed by atoms with Crippen molar-refractivity contribution in [2.75, 3.05) is 0 Å². The van der Waals surface area contributed by atoms with Gasteiger partial charge < -0.3 is 0 Å². The zero-order valence-corrected chi connectivity index (χ0v) is 9.90. The first kappa shape index (κ1) is 11.8. The Bertz CT molecular complexity index is 218. The molecule has 0 aromatic carbocycles. The predicted octanol–water partition coefficient (Wildman–Crippen LogP) is 1.44. The van der Waals surface area contributed by atoms with Crippen LogP contribution in [0.25, 0.3) is 0 Å². The van der Waals surface area contributed by atoms with Crippen molar-refractivity contribution in [1.29, 1.82) is 0 Å². The summed E-state index contributed by atoms with van der Waals surface area (Å²) in [5.74, 6) is -0.875. The molecule has 0 heterocycles. The van der Waals surface area contributed by atoms with Crippen LogP contribution in [0, 0.1) is 0 Å². The minimum absolute atomic E-state index is 0.532. The topological polar surface area (TPSA) is 63.3 Å². The molecule has 0 saturated carbocycles. The van der Waals surface area contributed by atoms with Crippen molar-refractivity contribution >= 4 is 20.9 Å². The van der Waals surface area contributed by atoms with Crippen molar-refractivity contribution in [3.63, 3.8) is 0 Å². The Balaban J connectivity index is 2.11. The fourth-order valence-electron chi connectivity index (χ4n) is 1.39. The van der Waals surface area contributed by atoms with Crippen LogP contribution in [0.3, 0.4) is 0 Å². The molecule has 0 fully saturated rings. The Kier molecular flexibility index (Phi) is 5.23. The van der Waals surface area contributed by atoms with E-state index in [9.17, 15) is 4.79 Å². The Hall–Kier alpha value is -0.311. The molecule has 3 nitrogen and oxygen atoms in total. The van der Waals surface area contributed by atoms with Crippen molar-refractivity contribution in [2.24, 2.45) is 5.73 Å². The van der Waals surface area contributed by atoms with Gasteiger partial charge in [0.2, 0.25) is 0 Å². The third-order valence-electron chi connectivity index (χ3n) is 2.29. The van der Waals surface area contributed by atoms with Crippen molar-refractivity contribution in [3.8, 4) is 0 Å². The molecule has 1 aliphatic carbocycles. The van der Waals surface area contributed by atoms with Crippen LogP contribution in [0.1, 0.15) is 25.7 Å². The predicted molar refractivity (Wildman–Crippen MR) is 57.5 cm³/mol. The summed E-state index contributed by atoms with van der Waals surface area (Å²) in [4.78, 5) is 11.2. The first-order valence-electron chi connectivity index (χ1n) is 4.97. The SMILES string of the molecule is NC(CC[Se]C1C=CCCC1)C(=O)O. The molecule has 80 valence electrons. The third-order valence-corrected chi connectivity index (χ3v) is 5.00. The van der Waals surface area contributed by atoms with Crippen LogP contribution in [0.4, 0.5) is 0 Å². The Morgan fingerprint density at radius 3 is 3.07 bits per heavy atom. The van der Waals surface area contributed by atoms with E-state index < -0.39 is 12.0 Å². The molecule has 0 saturated heterocycles. The van der Waals surface area contributed by atoms with E-state index in [1.807, 2.05) is 0 Å². The summed E-state index contributed by atoms with van der Waals surface area (Å²) in [5.41, 5.74) is 5.42. The van der Waals surface area contributed by atoms with Crippen LogP contribution in [-0.2, 0) is 4.79 Å². The number of hydrogen-bond acceptors (Lipinski definition) is 2. The van der Waals surface area contributed by atoms with E-state index in [0.29, 0.717) is 21.4 Å². The quantitative estimate of drug-likeness (QED) is 0.582. The van der Waals surface area contributed by atoms with E-state index in [1.165, 1.54) is 19.3 Å². The summed E-state index contributed by atoms with van der Waals surface area (Å²) in [6.07, 6.45) is 8.93. The average molecular weight is 262 g/mol. The number of rotatable bonds is 5. The fourth-order valence-corrected chi connectivity index (χ4v) is 4.01. The van der Waals surface area contributed by atoms with E-state index >= 15 is 0 Å². The molecular weight excluding hydrogens is 245 g/mol. The van der Waals surface area contributed by atoms with Crippen LogP contribution >= 0.6 is 0 Å². The molecule has 0 aliphatic heterocycles. The molecule has 0 aromatic heterocycles. The van der Waals surface area contributed by atoms with E-state index in [1.54, 1.807) is 0 Å². The number of carboxylic acids is 1. The van der Waals surface area contributed by atoms with Gasteiger partial charge in [0.25, 0.3) is 0 Å². The first-order valence-corrected chi connectivity index (χ1v) is 7.17. The number of nitrogens with two attached hydrogens (primary N) is 1.